The number of carboxylic acids is 1. The first kappa shape index (κ1) is 20.9. The van der Waals surface area contributed by atoms with E-state index in [0.29, 0.717) is 0 Å². The van der Waals surface area contributed by atoms with Crippen molar-refractivity contribution in [2.24, 2.45) is 5.92 Å². The Morgan fingerprint density at radius 2 is 1.65 bits per heavy atom. The van der Waals surface area contributed by atoms with Gasteiger partial charge in [-0.05, 0) is 41.0 Å². The number of carbonyl (C=O) groups excluding carboxylic acids is 2. The Morgan fingerprint density at radius 1 is 1.06 bits per heavy atom. The predicted molar refractivity (Wildman–Crippen MR) is 115 cm³/mol. The van der Waals surface area contributed by atoms with E-state index in [9.17, 15) is 14.4 Å². The number of hydrogen-bond acceptors (Lipinski definition) is 4. The van der Waals surface area contributed by atoms with Crippen LogP contribution in [0.1, 0.15) is 36.3 Å². The number of fused-ring (bicyclic) bond motifs is 3. The van der Waals surface area contributed by atoms with Crippen molar-refractivity contribution in [2.75, 3.05) is 20.2 Å². The smallest absolute Gasteiger partial charge is 0.407 e. The van der Waals surface area contributed by atoms with Crippen LogP contribution in [-0.4, -0.2) is 54.2 Å². The zero-order valence-corrected chi connectivity index (χ0v) is 17.4. The lowest BCUT2D eigenvalue weighted by Crippen LogP contribution is -2.42. The first-order valence-corrected chi connectivity index (χ1v) is 10.5. The van der Waals surface area contributed by atoms with E-state index in [4.69, 9.17) is 9.84 Å². The molecule has 1 saturated carbocycles. The average Bonchev–Trinajstić information content (AvgIpc) is 3.54. The van der Waals surface area contributed by atoms with Gasteiger partial charge in [0.25, 0.3) is 0 Å². The summed E-state index contributed by atoms with van der Waals surface area (Å²) in [6, 6.07) is 15.9. The number of alkyl carbamates (subject to hydrolysis) is 1. The maximum atomic E-state index is 12.5. The van der Waals surface area contributed by atoms with Crippen molar-refractivity contribution in [1.82, 2.24) is 10.2 Å². The molecule has 2 amide bonds. The molecule has 0 radical (unpaired) electrons. The first-order chi connectivity index (χ1) is 14.9. The van der Waals surface area contributed by atoms with Crippen molar-refractivity contribution in [3.05, 3.63) is 59.7 Å². The topological polar surface area (TPSA) is 95.9 Å². The molecule has 0 bridgehead atoms. The Bertz CT molecular complexity index is 955. The fourth-order valence-corrected chi connectivity index (χ4v) is 4.26. The van der Waals surface area contributed by atoms with Gasteiger partial charge in [0.2, 0.25) is 5.91 Å². The second-order valence-electron chi connectivity index (χ2n) is 8.26. The molecule has 31 heavy (non-hydrogen) atoms. The molecular formula is C24H26N2O5. The number of nitrogens with zero attached hydrogens (tertiary/aromatic N) is 1. The molecule has 2 aliphatic rings. The zero-order valence-electron chi connectivity index (χ0n) is 17.4. The molecule has 2 N–H and O–H groups in total. The summed E-state index contributed by atoms with van der Waals surface area (Å²) in [5, 5.41) is 11.7. The van der Waals surface area contributed by atoms with E-state index < -0.39 is 12.1 Å². The van der Waals surface area contributed by atoms with Gasteiger partial charge in [0.15, 0.2) is 0 Å². The summed E-state index contributed by atoms with van der Waals surface area (Å²) < 4.78 is 5.59. The summed E-state index contributed by atoms with van der Waals surface area (Å²) in [6.45, 7) is -0.148. The van der Waals surface area contributed by atoms with Crippen molar-refractivity contribution in [2.45, 2.75) is 31.2 Å². The molecule has 0 aliphatic heterocycles. The molecular weight excluding hydrogens is 396 g/mol. The second kappa shape index (κ2) is 8.79. The van der Waals surface area contributed by atoms with E-state index >= 15 is 0 Å². The molecule has 7 nitrogen and oxygen atoms in total. The minimum Gasteiger partial charge on any atom is -0.480 e. The molecule has 0 saturated heterocycles. The average molecular weight is 422 g/mol. The Labute approximate surface area is 181 Å². The number of ether oxygens (including phenoxy) is 1. The van der Waals surface area contributed by atoms with Gasteiger partial charge in [0, 0.05) is 25.4 Å². The van der Waals surface area contributed by atoms with E-state index in [1.54, 1.807) is 0 Å². The number of aliphatic carboxylic acids is 1. The monoisotopic (exact) mass is 422 g/mol. The molecule has 1 unspecified atom stereocenters. The maximum absolute atomic E-state index is 12.5. The minimum atomic E-state index is -1.07. The highest BCUT2D eigenvalue weighted by Crippen LogP contribution is 2.44. The van der Waals surface area contributed by atoms with E-state index in [2.05, 4.69) is 29.6 Å². The maximum Gasteiger partial charge on any atom is 0.407 e. The third-order valence-corrected chi connectivity index (χ3v) is 6.03. The van der Waals surface area contributed by atoms with Gasteiger partial charge in [-0.25, -0.2) is 4.79 Å². The van der Waals surface area contributed by atoms with Crippen LogP contribution in [0.2, 0.25) is 0 Å². The highest BCUT2D eigenvalue weighted by molar-refractivity contribution is 5.82. The number of carboxylic acid groups (broad SMARTS) is 1. The summed E-state index contributed by atoms with van der Waals surface area (Å²) in [6.07, 6.45) is 1.39. The second-order valence-corrected chi connectivity index (χ2v) is 8.26. The largest absolute Gasteiger partial charge is 0.480 e. The lowest BCUT2D eigenvalue weighted by Gasteiger charge is -2.22. The van der Waals surface area contributed by atoms with E-state index in [1.807, 2.05) is 24.3 Å². The van der Waals surface area contributed by atoms with Crippen LogP contribution in [0.15, 0.2) is 48.5 Å². The number of rotatable bonds is 8. The Hall–Kier alpha value is -3.35. The van der Waals surface area contributed by atoms with Gasteiger partial charge in [-0.15, -0.1) is 0 Å². The lowest BCUT2D eigenvalue weighted by atomic mass is 9.98. The normalized spacial score (nSPS) is 15.5. The third-order valence-electron chi connectivity index (χ3n) is 6.03. The molecule has 2 aromatic rings. The number of amides is 2. The van der Waals surface area contributed by atoms with E-state index in [-0.39, 0.29) is 43.4 Å². The van der Waals surface area contributed by atoms with Gasteiger partial charge < -0.3 is 20.1 Å². The molecule has 1 atom stereocenters. The van der Waals surface area contributed by atoms with Crippen LogP contribution in [0.3, 0.4) is 0 Å². The fourth-order valence-electron chi connectivity index (χ4n) is 4.26. The molecule has 4 rings (SSSR count). The number of hydrogen-bond donors (Lipinski definition) is 2. The quantitative estimate of drug-likeness (QED) is 0.681. The van der Waals surface area contributed by atoms with Crippen molar-refractivity contribution in [3.8, 4) is 11.1 Å². The molecule has 2 aromatic carbocycles. The highest BCUT2D eigenvalue weighted by Gasteiger charge is 2.35. The number of likely N-dealkylation sites (N-methyl/N-ethyl adjacent to an activating group) is 1. The highest BCUT2D eigenvalue weighted by atomic mass is 16.5. The van der Waals surface area contributed by atoms with Crippen molar-refractivity contribution >= 4 is 18.0 Å². The molecule has 0 heterocycles. The van der Waals surface area contributed by atoms with Crippen LogP contribution in [0.4, 0.5) is 4.79 Å². The fraction of sp³-hybridized carbons (Fsp3) is 0.375. The predicted octanol–water partition coefficient (Wildman–Crippen LogP) is 3.24. The Kier molecular flexibility index (Phi) is 5.93. The molecule has 162 valence electrons. The summed E-state index contributed by atoms with van der Waals surface area (Å²) in [7, 11) is 1.45. The van der Waals surface area contributed by atoms with Gasteiger partial charge in [0.05, 0.1) is 0 Å². The van der Waals surface area contributed by atoms with Crippen molar-refractivity contribution in [1.29, 1.82) is 0 Å². The van der Waals surface area contributed by atoms with Gasteiger partial charge in [-0.2, -0.15) is 0 Å². The Morgan fingerprint density at radius 3 is 2.19 bits per heavy atom. The molecule has 7 heteroatoms. The molecule has 0 spiro atoms. The van der Waals surface area contributed by atoms with Crippen LogP contribution in [-0.2, 0) is 14.3 Å². The van der Waals surface area contributed by atoms with Gasteiger partial charge in [-0.3, -0.25) is 9.59 Å². The van der Waals surface area contributed by atoms with Crippen LogP contribution < -0.4 is 5.32 Å². The van der Waals surface area contributed by atoms with Crippen LogP contribution in [0.5, 0.6) is 0 Å². The summed E-state index contributed by atoms with van der Waals surface area (Å²) in [5.41, 5.74) is 4.60. The summed E-state index contributed by atoms with van der Waals surface area (Å²) >= 11 is 0. The minimum absolute atomic E-state index is 0.0270. The molecule has 2 aliphatic carbocycles. The van der Waals surface area contributed by atoms with E-state index in [0.717, 1.165) is 40.0 Å². The summed E-state index contributed by atoms with van der Waals surface area (Å²) in [5.74, 6) is -1.18. The van der Waals surface area contributed by atoms with Gasteiger partial charge in [-0.1, -0.05) is 48.5 Å². The SMILES string of the molecule is CN(CC(=O)O)C(=O)CC(NC(=O)OCC1c2ccccc2-c2ccccc21)C1CC1. The molecule has 1 fully saturated rings. The van der Waals surface area contributed by atoms with Gasteiger partial charge in [0.1, 0.15) is 13.2 Å². The number of benzene rings is 2. The molecule has 0 aromatic heterocycles. The standard InChI is InChI=1S/C24H26N2O5/c1-26(13-23(28)29)22(27)12-21(15-10-11-15)25-24(30)31-14-20-18-8-4-2-6-16(18)17-7-3-5-9-19(17)20/h2-9,15,20-21H,10-14H2,1H3,(H,25,30)(H,28,29). The lowest BCUT2D eigenvalue weighted by molar-refractivity contribution is -0.143. The number of nitrogens with one attached hydrogen (secondary N) is 1. The first-order valence-electron chi connectivity index (χ1n) is 10.5. The van der Waals surface area contributed by atoms with E-state index in [1.165, 1.54) is 7.05 Å². The third kappa shape index (κ3) is 4.71. The van der Waals surface area contributed by atoms with Crippen molar-refractivity contribution < 1.29 is 24.2 Å². The summed E-state index contributed by atoms with van der Waals surface area (Å²) in [4.78, 5) is 36.8. The van der Waals surface area contributed by atoms with Crippen molar-refractivity contribution in [3.63, 3.8) is 0 Å². The zero-order chi connectivity index (χ0) is 22.0. The van der Waals surface area contributed by atoms with Gasteiger partial charge >= 0.3 is 12.1 Å². The van der Waals surface area contributed by atoms with Crippen LogP contribution >= 0.6 is 0 Å². The number of carbonyl (C=O) groups is 3. The Balaban J connectivity index is 1.37. The van der Waals surface area contributed by atoms with Crippen LogP contribution in [0, 0.1) is 5.92 Å². The van der Waals surface area contributed by atoms with Crippen LogP contribution in [0.25, 0.3) is 11.1 Å².